The third-order valence-corrected chi connectivity index (χ3v) is 4.57. The van der Waals surface area contributed by atoms with Crippen LogP contribution in [0.5, 0.6) is 17.4 Å². The van der Waals surface area contributed by atoms with E-state index in [2.05, 4.69) is 20.6 Å². The fraction of sp³-hybridized carbons (Fsp3) is 0.0870. The molecule has 0 fully saturated rings. The van der Waals surface area contributed by atoms with E-state index in [1.54, 1.807) is 49.7 Å². The van der Waals surface area contributed by atoms with E-state index >= 15 is 0 Å². The molecule has 4 aromatic rings. The third-order valence-electron chi connectivity index (χ3n) is 4.57. The molecule has 2 heterocycles. The normalized spacial score (nSPS) is 10.5. The zero-order valence-electron chi connectivity index (χ0n) is 16.7. The summed E-state index contributed by atoms with van der Waals surface area (Å²) in [5, 5.41) is 6.38. The van der Waals surface area contributed by atoms with Crippen molar-refractivity contribution in [2.24, 2.45) is 0 Å². The number of hydrogen-bond donors (Lipinski definition) is 3. The van der Waals surface area contributed by atoms with Crippen LogP contribution in [-0.4, -0.2) is 23.1 Å². The summed E-state index contributed by atoms with van der Waals surface area (Å²) in [5.74, 6) is 1.51. The van der Waals surface area contributed by atoms with Crippen LogP contribution in [0.1, 0.15) is 5.56 Å². The lowest BCUT2D eigenvalue weighted by atomic mass is 10.1. The van der Waals surface area contributed by atoms with Gasteiger partial charge in [0.25, 0.3) is 0 Å². The molecule has 0 aliphatic heterocycles. The summed E-state index contributed by atoms with van der Waals surface area (Å²) in [4.78, 5) is 31.3. The number of H-pyrrole nitrogens is 1. The molecule has 0 atom stereocenters. The molecule has 2 aromatic carbocycles. The maximum absolute atomic E-state index is 12.5. The third kappa shape index (κ3) is 4.81. The first-order valence-corrected chi connectivity index (χ1v) is 9.55. The minimum Gasteiger partial charge on any atom is -0.497 e. The molecule has 3 N–H and O–H groups in total. The lowest BCUT2D eigenvalue weighted by Gasteiger charge is -2.12. The standard InChI is InChI=1S/C23H20N4O4/c1-30-16-8-10-17(11-9-16)31-22-20(7-4-12-24-22)27-23(29)25-14-15-13-21(28)26-19-6-3-2-5-18(15)19/h2-13H,14H2,1H3,(H,26,28)(H2,25,27,29). The number of nitrogens with zero attached hydrogens (tertiary/aromatic N) is 1. The molecular weight excluding hydrogens is 396 g/mol. The minimum atomic E-state index is -0.447. The van der Waals surface area contributed by atoms with Crippen molar-refractivity contribution in [2.75, 3.05) is 12.4 Å². The van der Waals surface area contributed by atoms with Crippen LogP contribution >= 0.6 is 0 Å². The van der Waals surface area contributed by atoms with Gasteiger partial charge < -0.3 is 25.1 Å². The highest BCUT2D eigenvalue weighted by Gasteiger charge is 2.11. The number of carbonyl (C=O) groups excluding carboxylic acids is 1. The van der Waals surface area contributed by atoms with E-state index in [0.717, 1.165) is 16.5 Å². The van der Waals surface area contributed by atoms with Gasteiger partial charge in [-0.15, -0.1) is 0 Å². The molecule has 0 bridgehead atoms. The van der Waals surface area contributed by atoms with E-state index in [0.29, 0.717) is 17.2 Å². The summed E-state index contributed by atoms with van der Waals surface area (Å²) in [6.45, 7) is 0.186. The number of hydrogen-bond acceptors (Lipinski definition) is 5. The number of pyridine rings is 2. The predicted octanol–water partition coefficient (Wildman–Crippen LogP) is 4.05. The topological polar surface area (TPSA) is 105 Å². The maximum atomic E-state index is 12.5. The molecule has 0 saturated carbocycles. The number of ether oxygens (including phenoxy) is 2. The number of aromatic amines is 1. The molecule has 0 spiro atoms. The number of nitrogens with one attached hydrogen (secondary N) is 3. The number of aromatic nitrogens is 2. The molecule has 0 aliphatic carbocycles. The fourth-order valence-corrected chi connectivity index (χ4v) is 3.09. The van der Waals surface area contributed by atoms with Gasteiger partial charge in [0.15, 0.2) is 0 Å². The Labute approximate surface area is 177 Å². The van der Waals surface area contributed by atoms with Crippen molar-refractivity contribution < 1.29 is 14.3 Å². The van der Waals surface area contributed by atoms with Crippen LogP contribution in [0.25, 0.3) is 10.9 Å². The van der Waals surface area contributed by atoms with Gasteiger partial charge in [0.05, 0.1) is 7.11 Å². The number of carbonyl (C=O) groups is 1. The summed E-state index contributed by atoms with van der Waals surface area (Å²) in [7, 11) is 1.59. The molecule has 156 valence electrons. The summed E-state index contributed by atoms with van der Waals surface area (Å²) in [6.07, 6.45) is 1.57. The largest absolute Gasteiger partial charge is 0.497 e. The van der Waals surface area contributed by atoms with E-state index in [9.17, 15) is 9.59 Å². The average molecular weight is 416 g/mol. The summed E-state index contributed by atoms with van der Waals surface area (Å²) in [6, 6.07) is 18.9. The monoisotopic (exact) mass is 416 g/mol. The lowest BCUT2D eigenvalue weighted by Crippen LogP contribution is -2.29. The van der Waals surface area contributed by atoms with E-state index < -0.39 is 6.03 Å². The van der Waals surface area contributed by atoms with Crippen LogP contribution in [0.3, 0.4) is 0 Å². The van der Waals surface area contributed by atoms with Gasteiger partial charge in [0, 0.05) is 29.7 Å². The zero-order valence-corrected chi connectivity index (χ0v) is 16.7. The Bertz CT molecular complexity index is 1270. The number of para-hydroxylation sites is 1. The molecule has 0 saturated heterocycles. The highest BCUT2D eigenvalue weighted by atomic mass is 16.5. The van der Waals surface area contributed by atoms with Gasteiger partial charge in [0.1, 0.15) is 17.2 Å². The van der Waals surface area contributed by atoms with Crippen molar-refractivity contribution in [3.05, 3.63) is 88.8 Å². The van der Waals surface area contributed by atoms with E-state index in [1.165, 1.54) is 6.07 Å². The maximum Gasteiger partial charge on any atom is 0.319 e. The highest BCUT2D eigenvalue weighted by molar-refractivity contribution is 5.91. The number of amides is 2. The Kier molecular flexibility index (Phi) is 5.79. The molecule has 8 nitrogen and oxygen atoms in total. The molecule has 2 amide bonds. The molecule has 31 heavy (non-hydrogen) atoms. The van der Waals surface area contributed by atoms with Gasteiger partial charge in [0.2, 0.25) is 11.4 Å². The van der Waals surface area contributed by atoms with Crippen LogP contribution < -0.4 is 25.7 Å². The number of fused-ring (bicyclic) bond motifs is 1. The zero-order chi connectivity index (χ0) is 21.6. The number of anilines is 1. The summed E-state index contributed by atoms with van der Waals surface area (Å²) >= 11 is 0. The SMILES string of the molecule is COc1ccc(Oc2ncccc2NC(=O)NCc2cc(=O)[nH]c3ccccc23)cc1. The van der Waals surface area contributed by atoms with Gasteiger partial charge >= 0.3 is 6.03 Å². The first-order valence-electron chi connectivity index (χ1n) is 9.55. The molecule has 4 rings (SSSR count). The van der Waals surface area contributed by atoms with Crippen molar-refractivity contribution in [1.29, 1.82) is 0 Å². The second kappa shape index (κ2) is 9.00. The second-order valence-electron chi connectivity index (χ2n) is 6.65. The highest BCUT2D eigenvalue weighted by Crippen LogP contribution is 2.28. The Balaban J connectivity index is 1.45. The minimum absolute atomic E-state index is 0.186. The summed E-state index contributed by atoms with van der Waals surface area (Å²) < 4.78 is 10.9. The Morgan fingerprint density at radius 2 is 1.81 bits per heavy atom. The number of benzene rings is 2. The second-order valence-corrected chi connectivity index (χ2v) is 6.65. The smallest absolute Gasteiger partial charge is 0.319 e. The number of rotatable bonds is 6. The Morgan fingerprint density at radius 1 is 1.03 bits per heavy atom. The first-order chi connectivity index (χ1) is 15.1. The lowest BCUT2D eigenvalue weighted by molar-refractivity contribution is 0.251. The van der Waals surface area contributed by atoms with Gasteiger partial charge in [-0.3, -0.25) is 4.79 Å². The first kappa shape index (κ1) is 20.0. The fourth-order valence-electron chi connectivity index (χ4n) is 3.09. The molecule has 0 radical (unpaired) electrons. The Hall–Kier alpha value is -4.33. The van der Waals surface area contributed by atoms with Crippen LogP contribution in [0.2, 0.25) is 0 Å². The van der Waals surface area contributed by atoms with Crippen molar-refractivity contribution in [1.82, 2.24) is 15.3 Å². The Morgan fingerprint density at radius 3 is 2.61 bits per heavy atom. The van der Waals surface area contributed by atoms with Crippen molar-refractivity contribution in [3.63, 3.8) is 0 Å². The van der Waals surface area contributed by atoms with Gasteiger partial charge in [-0.05, 0) is 48.0 Å². The molecule has 0 unspecified atom stereocenters. The number of methoxy groups -OCH3 is 1. The van der Waals surface area contributed by atoms with Crippen LogP contribution in [0.4, 0.5) is 10.5 Å². The molecule has 0 aliphatic rings. The van der Waals surface area contributed by atoms with Gasteiger partial charge in [-0.1, -0.05) is 18.2 Å². The van der Waals surface area contributed by atoms with Gasteiger partial charge in [-0.25, -0.2) is 9.78 Å². The van der Waals surface area contributed by atoms with Crippen LogP contribution in [0.15, 0.2) is 77.7 Å². The van der Waals surface area contributed by atoms with Crippen LogP contribution in [0, 0.1) is 0 Å². The quantitative estimate of drug-likeness (QED) is 0.440. The summed E-state index contributed by atoms with van der Waals surface area (Å²) in [5.41, 5.74) is 1.62. The molecule has 8 heteroatoms. The van der Waals surface area contributed by atoms with Crippen molar-refractivity contribution in [3.8, 4) is 17.4 Å². The van der Waals surface area contributed by atoms with E-state index in [-0.39, 0.29) is 18.0 Å². The van der Waals surface area contributed by atoms with E-state index in [1.807, 2.05) is 24.3 Å². The molecular formula is C23H20N4O4. The van der Waals surface area contributed by atoms with Gasteiger partial charge in [-0.2, -0.15) is 0 Å². The van der Waals surface area contributed by atoms with Crippen LogP contribution in [-0.2, 0) is 6.54 Å². The predicted molar refractivity (Wildman–Crippen MR) is 118 cm³/mol. The van der Waals surface area contributed by atoms with Crippen molar-refractivity contribution in [2.45, 2.75) is 6.54 Å². The van der Waals surface area contributed by atoms with E-state index in [4.69, 9.17) is 9.47 Å². The van der Waals surface area contributed by atoms with Crippen molar-refractivity contribution >= 4 is 22.6 Å². The number of urea groups is 1. The molecule has 2 aromatic heterocycles. The average Bonchev–Trinajstić information content (AvgIpc) is 2.79.